The molecule has 7 heteroatoms. The van der Waals surface area contributed by atoms with Crippen molar-refractivity contribution in [3.05, 3.63) is 64.1 Å². The van der Waals surface area contributed by atoms with E-state index in [0.717, 1.165) is 32.2 Å². The molecule has 3 saturated carbocycles. The molecule has 3 fully saturated rings. The van der Waals surface area contributed by atoms with Crippen LogP contribution in [0.4, 0.5) is 0 Å². The van der Waals surface area contributed by atoms with Crippen LogP contribution >= 0.6 is 15.9 Å². The van der Waals surface area contributed by atoms with Gasteiger partial charge in [0.2, 0.25) is 0 Å². The number of hydrogen-bond donors (Lipinski definition) is 2. The summed E-state index contributed by atoms with van der Waals surface area (Å²) in [6, 6.07) is 15.6. The van der Waals surface area contributed by atoms with Gasteiger partial charge < -0.3 is 15.2 Å². The maximum absolute atomic E-state index is 14.0. The Balaban J connectivity index is 1.49. The number of carbonyl (C=O) groups excluding carboxylic acids is 2. The molecule has 2 bridgehead atoms. The van der Waals surface area contributed by atoms with Crippen molar-refractivity contribution in [1.29, 1.82) is 0 Å². The fourth-order valence-corrected chi connectivity index (χ4v) is 6.31. The number of nitrogens with one attached hydrogen (secondary N) is 1. The third-order valence-corrected chi connectivity index (χ3v) is 8.47. The Labute approximate surface area is 226 Å². The Morgan fingerprint density at radius 3 is 2.38 bits per heavy atom. The molecule has 2 aromatic carbocycles. The van der Waals surface area contributed by atoms with Gasteiger partial charge in [-0.15, -0.1) is 0 Å². The number of esters is 1. The van der Waals surface area contributed by atoms with Crippen molar-refractivity contribution >= 4 is 38.7 Å². The van der Waals surface area contributed by atoms with Gasteiger partial charge >= 0.3 is 5.97 Å². The van der Waals surface area contributed by atoms with Crippen LogP contribution in [-0.4, -0.2) is 39.2 Å². The van der Waals surface area contributed by atoms with Crippen molar-refractivity contribution in [2.45, 2.75) is 77.0 Å². The molecule has 1 amide bonds. The van der Waals surface area contributed by atoms with E-state index in [-0.39, 0.29) is 11.9 Å². The number of aliphatic hydroxyl groups excluding tert-OH is 1. The molecule has 6 rings (SSSR count). The van der Waals surface area contributed by atoms with Crippen LogP contribution < -0.4 is 5.32 Å². The van der Waals surface area contributed by atoms with E-state index in [2.05, 4.69) is 21.2 Å². The molecule has 3 aliphatic rings. The van der Waals surface area contributed by atoms with E-state index >= 15 is 0 Å². The molecule has 37 heavy (non-hydrogen) atoms. The third-order valence-electron chi connectivity index (χ3n) is 7.98. The lowest BCUT2D eigenvalue weighted by atomic mass is 9.55. The van der Waals surface area contributed by atoms with Crippen molar-refractivity contribution < 1.29 is 19.4 Å². The van der Waals surface area contributed by atoms with Gasteiger partial charge in [0, 0.05) is 15.4 Å². The number of amides is 1. The Bertz CT molecular complexity index is 1370. The first-order chi connectivity index (χ1) is 17.4. The average Bonchev–Trinajstić information content (AvgIpc) is 2.84. The van der Waals surface area contributed by atoms with E-state index in [1.54, 1.807) is 0 Å². The normalized spacial score (nSPS) is 25.2. The molecule has 0 spiro atoms. The number of benzene rings is 2. The number of rotatable bonds is 4. The van der Waals surface area contributed by atoms with E-state index in [9.17, 15) is 14.7 Å². The summed E-state index contributed by atoms with van der Waals surface area (Å²) in [6.07, 6.45) is 1.67. The molecule has 2 N–H and O–H groups in total. The number of nitrogens with zero attached hydrogens (tertiary/aromatic N) is 1. The van der Waals surface area contributed by atoms with Crippen LogP contribution in [0.3, 0.4) is 0 Å². The molecular formula is C30H33BrN2O4. The summed E-state index contributed by atoms with van der Waals surface area (Å²) in [7, 11) is 0. The summed E-state index contributed by atoms with van der Waals surface area (Å²) in [6.45, 7) is 7.50. The van der Waals surface area contributed by atoms with Gasteiger partial charge in [-0.1, -0.05) is 46.3 Å². The third kappa shape index (κ3) is 4.68. The molecule has 3 aliphatic carbocycles. The Hall–Kier alpha value is -2.77. The lowest BCUT2D eigenvalue weighted by molar-refractivity contribution is -0.182. The summed E-state index contributed by atoms with van der Waals surface area (Å²) in [5.74, 6) is -0.474. The van der Waals surface area contributed by atoms with Gasteiger partial charge in [0.05, 0.1) is 33.8 Å². The highest BCUT2D eigenvalue weighted by Gasteiger charge is 2.59. The highest BCUT2D eigenvalue weighted by Crippen LogP contribution is 2.53. The van der Waals surface area contributed by atoms with Crippen LogP contribution in [0.2, 0.25) is 0 Å². The molecule has 1 atom stereocenters. The molecule has 0 radical (unpaired) electrons. The summed E-state index contributed by atoms with van der Waals surface area (Å²) in [5, 5.41) is 15.3. The second-order valence-electron chi connectivity index (χ2n) is 11.6. The second kappa shape index (κ2) is 9.21. The van der Waals surface area contributed by atoms with Crippen LogP contribution in [0.25, 0.3) is 22.2 Å². The van der Waals surface area contributed by atoms with Crippen molar-refractivity contribution in [2.75, 3.05) is 0 Å². The second-order valence-corrected chi connectivity index (χ2v) is 12.5. The van der Waals surface area contributed by atoms with Gasteiger partial charge in [-0.25, -0.2) is 4.98 Å². The molecule has 1 heterocycles. The van der Waals surface area contributed by atoms with Crippen LogP contribution in [0.1, 0.15) is 68.8 Å². The zero-order valence-electron chi connectivity index (χ0n) is 21.7. The standard InChI is InChI=1S/C30H33BrN2O4/c1-18-24(21-16-20(31)10-11-22(21)32-25(18)19-8-6-5-7-9-19)26(35)33-30-14-12-29(13-15-30,17-23(30)34)27(36)37-28(2,3)4/h5-11,16,23,34H,12-15,17H2,1-4H3,(H,33,35). The number of ether oxygens (including phenoxy) is 1. The van der Waals surface area contributed by atoms with E-state index < -0.39 is 22.7 Å². The maximum Gasteiger partial charge on any atom is 0.312 e. The van der Waals surface area contributed by atoms with Gasteiger partial charge in [-0.2, -0.15) is 0 Å². The molecule has 0 saturated heterocycles. The molecule has 1 aromatic heterocycles. The van der Waals surface area contributed by atoms with Crippen molar-refractivity contribution in [1.82, 2.24) is 10.3 Å². The van der Waals surface area contributed by atoms with Crippen LogP contribution in [0.5, 0.6) is 0 Å². The number of aliphatic hydroxyl groups is 1. The molecule has 0 aliphatic heterocycles. The highest BCUT2D eigenvalue weighted by molar-refractivity contribution is 9.10. The average molecular weight is 566 g/mol. The molecule has 6 nitrogen and oxygen atoms in total. The lowest BCUT2D eigenvalue weighted by Gasteiger charge is -2.55. The summed E-state index contributed by atoms with van der Waals surface area (Å²) < 4.78 is 6.57. The van der Waals surface area contributed by atoms with E-state index in [0.29, 0.717) is 37.7 Å². The number of carbonyl (C=O) groups is 2. The SMILES string of the molecule is Cc1c(-c2ccccc2)nc2ccc(Br)cc2c1C(=O)NC12CCC(C(=O)OC(C)(C)C)(CC1)CC2O. The van der Waals surface area contributed by atoms with E-state index in [1.165, 1.54) is 0 Å². The van der Waals surface area contributed by atoms with Gasteiger partial charge in [0.1, 0.15) is 5.60 Å². The van der Waals surface area contributed by atoms with Crippen LogP contribution in [0.15, 0.2) is 53.0 Å². The summed E-state index contributed by atoms with van der Waals surface area (Å²) in [4.78, 5) is 32.0. The van der Waals surface area contributed by atoms with Gasteiger partial charge in [0.25, 0.3) is 5.91 Å². The first-order valence-electron chi connectivity index (χ1n) is 12.8. The largest absolute Gasteiger partial charge is 0.460 e. The van der Waals surface area contributed by atoms with Gasteiger partial charge in [-0.3, -0.25) is 9.59 Å². The Morgan fingerprint density at radius 2 is 1.76 bits per heavy atom. The first-order valence-corrected chi connectivity index (χ1v) is 13.6. The lowest BCUT2D eigenvalue weighted by Crippen LogP contribution is -2.66. The zero-order valence-corrected chi connectivity index (χ0v) is 23.3. The Morgan fingerprint density at radius 1 is 1.08 bits per heavy atom. The fourth-order valence-electron chi connectivity index (χ4n) is 5.95. The number of pyridine rings is 1. The topological polar surface area (TPSA) is 88.5 Å². The predicted octanol–water partition coefficient (Wildman–Crippen LogP) is 6.11. The van der Waals surface area contributed by atoms with E-state index in [1.807, 2.05) is 76.2 Å². The van der Waals surface area contributed by atoms with Crippen LogP contribution in [0, 0.1) is 12.3 Å². The van der Waals surface area contributed by atoms with Gasteiger partial charge in [-0.05, 0) is 83.6 Å². The number of aromatic nitrogens is 1. The van der Waals surface area contributed by atoms with Gasteiger partial charge in [0.15, 0.2) is 0 Å². The van der Waals surface area contributed by atoms with Crippen LogP contribution in [-0.2, 0) is 9.53 Å². The maximum atomic E-state index is 14.0. The quantitative estimate of drug-likeness (QED) is 0.373. The molecule has 1 unspecified atom stereocenters. The smallest absolute Gasteiger partial charge is 0.312 e. The minimum atomic E-state index is -0.833. The zero-order chi connectivity index (χ0) is 26.6. The monoisotopic (exact) mass is 564 g/mol. The van der Waals surface area contributed by atoms with Crippen molar-refractivity contribution in [3.8, 4) is 11.3 Å². The molecule has 194 valence electrons. The summed E-state index contributed by atoms with van der Waals surface area (Å²) in [5.41, 5.74) is 1.72. The number of hydrogen-bond acceptors (Lipinski definition) is 5. The summed E-state index contributed by atoms with van der Waals surface area (Å²) >= 11 is 3.54. The Kier molecular flexibility index (Phi) is 6.44. The minimum Gasteiger partial charge on any atom is -0.460 e. The first kappa shape index (κ1) is 25.9. The number of halogens is 1. The van der Waals surface area contributed by atoms with E-state index in [4.69, 9.17) is 9.72 Å². The van der Waals surface area contributed by atoms with Crippen molar-refractivity contribution in [3.63, 3.8) is 0 Å². The highest BCUT2D eigenvalue weighted by atomic mass is 79.9. The molecule has 3 aromatic rings. The number of fused-ring (bicyclic) bond motifs is 4. The fraction of sp³-hybridized carbons (Fsp3) is 0.433. The predicted molar refractivity (Wildman–Crippen MR) is 147 cm³/mol. The minimum absolute atomic E-state index is 0.231. The molecular weight excluding hydrogens is 532 g/mol. The van der Waals surface area contributed by atoms with Crippen molar-refractivity contribution in [2.24, 2.45) is 5.41 Å².